The molecule has 1 aromatic heterocycles. The molecule has 118 valence electrons. The monoisotopic (exact) mass is 334 g/mol. The van der Waals surface area contributed by atoms with Gasteiger partial charge in [0.05, 0.1) is 0 Å². The molecule has 1 heterocycles. The van der Waals surface area contributed by atoms with Gasteiger partial charge >= 0.3 is 0 Å². The van der Waals surface area contributed by atoms with E-state index in [1.54, 1.807) is 0 Å². The van der Waals surface area contributed by atoms with Crippen LogP contribution in [0.25, 0.3) is 12.2 Å². The summed E-state index contributed by atoms with van der Waals surface area (Å²) in [5, 5.41) is 0.705. The first-order valence-electron chi connectivity index (χ1n) is 7.73. The molecule has 0 bridgehead atoms. The molecule has 0 amide bonds. The smallest absolute Gasteiger partial charge is 0.227 e. The maximum absolute atomic E-state index is 12.4. The maximum atomic E-state index is 12.4. The van der Waals surface area contributed by atoms with Crippen molar-refractivity contribution in [1.82, 2.24) is 0 Å². The highest BCUT2D eigenvalue weighted by atomic mass is 35.5. The summed E-state index contributed by atoms with van der Waals surface area (Å²) in [6, 6.07) is 22.9. The zero-order chi connectivity index (χ0) is 16.8. The Hall–Kier alpha value is -2.71. The third kappa shape index (κ3) is 3.98. The van der Waals surface area contributed by atoms with Crippen LogP contribution >= 0.6 is 11.6 Å². The van der Waals surface area contributed by atoms with Crippen LogP contribution in [0.4, 0.5) is 0 Å². The SMILES string of the molecule is O=C(C[n+]1ccccc1/C=C/c1ccccc1Cl)c1ccccc1. The predicted octanol–water partition coefficient (Wildman–Crippen LogP) is 4.68. The molecule has 0 saturated heterocycles. The molecule has 0 aliphatic carbocycles. The second-order valence-corrected chi connectivity index (χ2v) is 5.80. The number of hydrogen-bond acceptors (Lipinski definition) is 1. The van der Waals surface area contributed by atoms with Gasteiger partial charge < -0.3 is 0 Å². The van der Waals surface area contributed by atoms with Gasteiger partial charge in [-0.25, -0.2) is 0 Å². The van der Waals surface area contributed by atoms with Gasteiger partial charge in [0.1, 0.15) is 0 Å². The summed E-state index contributed by atoms with van der Waals surface area (Å²) in [5.74, 6) is 0.0826. The lowest BCUT2D eigenvalue weighted by atomic mass is 10.1. The largest absolute Gasteiger partial charge is 0.287 e. The molecule has 0 aliphatic heterocycles. The number of aromatic nitrogens is 1. The summed E-state index contributed by atoms with van der Waals surface area (Å²) in [7, 11) is 0. The van der Waals surface area contributed by atoms with Crippen LogP contribution < -0.4 is 4.57 Å². The van der Waals surface area contributed by atoms with Crippen molar-refractivity contribution in [2.45, 2.75) is 6.54 Å². The van der Waals surface area contributed by atoms with E-state index in [0.29, 0.717) is 11.6 Å². The van der Waals surface area contributed by atoms with Gasteiger partial charge in [-0.3, -0.25) is 4.79 Å². The molecule has 3 heteroatoms. The molecule has 0 saturated carbocycles. The fourth-order valence-electron chi connectivity index (χ4n) is 2.44. The lowest BCUT2D eigenvalue weighted by Gasteiger charge is -2.01. The number of halogens is 1. The molecule has 0 spiro atoms. The molecule has 3 aromatic rings. The van der Waals surface area contributed by atoms with Crippen LogP contribution in [-0.4, -0.2) is 5.78 Å². The molecule has 0 N–H and O–H groups in total. The van der Waals surface area contributed by atoms with Crippen molar-refractivity contribution < 1.29 is 9.36 Å². The van der Waals surface area contributed by atoms with E-state index < -0.39 is 0 Å². The maximum Gasteiger partial charge on any atom is 0.227 e. The van der Waals surface area contributed by atoms with Gasteiger partial charge in [0, 0.05) is 28.8 Å². The van der Waals surface area contributed by atoms with E-state index in [9.17, 15) is 4.79 Å². The van der Waals surface area contributed by atoms with Crippen LogP contribution in [0.15, 0.2) is 79.0 Å². The van der Waals surface area contributed by atoms with E-state index in [-0.39, 0.29) is 5.78 Å². The van der Waals surface area contributed by atoms with E-state index in [0.717, 1.165) is 16.8 Å². The van der Waals surface area contributed by atoms with Crippen LogP contribution in [-0.2, 0) is 6.54 Å². The number of rotatable bonds is 5. The van der Waals surface area contributed by atoms with Crippen molar-refractivity contribution in [3.8, 4) is 0 Å². The van der Waals surface area contributed by atoms with Crippen molar-refractivity contribution in [3.63, 3.8) is 0 Å². The van der Waals surface area contributed by atoms with Gasteiger partial charge in [0.2, 0.25) is 18.0 Å². The number of carbonyl (C=O) groups excluding carboxylic acids is 1. The molecule has 0 aliphatic rings. The number of pyridine rings is 1. The molecular weight excluding hydrogens is 318 g/mol. The van der Waals surface area contributed by atoms with E-state index in [1.165, 1.54) is 0 Å². The summed E-state index contributed by atoms with van der Waals surface area (Å²) in [5.41, 5.74) is 2.61. The molecule has 0 atom stereocenters. The van der Waals surface area contributed by atoms with Crippen molar-refractivity contribution in [1.29, 1.82) is 0 Å². The topological polar surface area (TPSA) is 20.9 Å². The normalized spacial score (nSPS) is 10.9. The molecule has 2 nitrogen and oxygen atoms in total. The average molecular weight is 335 g/mol. The number of ketones is 1. The number of nitrogens with zero attached hydrogens (tertiary/aromatic N) is 1. The van der Waals surface area contributed by atoms with Crippen molar-refractivity contribution >= 4 is 29.5 Å². The van der Waals surface area contributed by atoms with Crippen LogP contribution in [0, 0.1) is 0 Å². The number of hydrogen-bond donors (Lipinski definition) is 0. The van der Waals surface area contributed by atoms with Gasteiger partial charge in [0.25, 0.3) is 0 Å². The third-order valence-electron chi connectivity index (χ3n) is 3.72. The minimum absolute atomic E-state index is 0.0826. The number of Topliss-reactive ketones (excluding diaryl/α,β-unsaturated/α-hetero) is 1. The van der Waals surface area contributed by atoms with Crippen LogP contribution in [0.3, 0.4) is 0 Å². The fourth-order valence-corrected chi connectivity index (χ4v) is 2.64. The Bertz CT molecular complexity index is 872. The number of carbonyl (C=O) groups is 1. The summed E-state index contributed by atoms with van der Waals surface area (Å²) in [6.45, 7) is 0.299. The van der Waals surface area contributed by atoms with Gasteiger partial charge in [0.15, 0.2) is 6.20 Å². The van der Waals surface area contributed by atoms with Gasteiger partial charge in [-0.05, 0) is 23.8 Å². The Morgan fingerprint density at radius 3 is 2.38 bits per heavy atom. The second-order valence-electron chi connectivity index (χ2n) is 5.40. The minimum atomic E-state index is 0.0826. The minimum Gasteiger partial charge on any atom is -0.287 e. The quantitative estimate of drug-likeness (QED) is 0.490. The highest BCUT2D eigenvalue weighted by Gasteiger charge is 2.14. The van der Waals surface area contributed by atoms with E-state index in [4.69, 9.17) is 11.6 Å². The van der Waals surface area contributed by atoms with Gasteiger partial charge in [-0.1, -0.05) is 60.1 Å². The lowest BCUT2D eigenvalue weighted by Crippen LogP contribution is -2.40. The van der Waals surface area contributed by atoms with E-state index in [2.05, 4.69) is 0 Å². The highest BCUT2D eigenvalue weighted by molar-refractivity contribution is 6.32. The molecule has 2 aromatic carbocycles. The van der Waals surface area contributed by atoms with Crippen LogP contribution in [0.5, 0.6) is 0 Å². The number of benzene rings is 2. The highest BCUT2D eigenvalue weighted by Crippen LogP contribution is 2.17. The van der Waals surface area contributed by atoms with Crippen molar-refractivity contribution in [3.05, 3.63) is 101 Å². The average Bonchev–Trinajstić information content (AvgIpc) is 2.63. The lowest BCUT2D eigenvalue weighted by molar-refractivity contribution is -0.684. The van der Waals surface area contributed by atoms with Gasteiger partial charge in [-0.15, -0.1) is 0 Å². The Labute approximate surface area is 146 Å². The second kappa shape index (κ2) is 7.71. The summed E-state index contributed by atoms with van der Waals surface area (Å²) >= 11 is 6.18. The zero-order valence-electron chi connectivity index (χ0n) is 13.1. The Balaban J connectivity index is 1.83. The Morgan fingerprint density at radius 1 is 0.875 bits per heavy atom. The first-order valence-corrected chi connectivity index (χ1v) is 8.11. The fraction of sp³-hybridized carbons (Fsp3) is 0.0476. The first kappa shape index (κ1) is 16.2. The molecule has 3 rings (SSSR count). The van der Waals surface area contributed by atoms with Crippen LogP contribution in [0.2, 0.25) is 5.02 Å². The molecule has 0 fully saturated rings. The summed E-state index contributed by atoms with van der Waals surface area (Å²) in [6.07, 6.45) is 5.84. The third-order valence-corrected chi connectivity index (χ3v) is 4.07. The molecule has 0 radical (unpaired) electrons. The van der Waals surface area contributed by atoms with Gasteiger partial charge in [-0.2, -0.15) is 4.57 Å². The molecule has 24 heavy (non-hydrogen) atoms. The van der Waals surface area contributed by atoms with E-state index >= 15 is 0 Å². The summed E-state index contributed by atoms with van der Waals surface area (Å²) in [4.78, 5) is 12.4. The molecular formula is C21H17ClNO+. The molecule has 0 unspecified atom stereocenters. The Kier molecular flexibility index (Phi) is 5.19. The van der Waals surface area contributed by atoms with Crippen LogP contribution in [0.1, 0.15) is 21.6 Å². The van der Waals surface area contributed by atoms with Crippen molar-refractivity contribution in [2.75, 3.05) is 0 Å². The summed E-state index contributed by atoms with van der Waals surface area (Å²) < 4.78 is 1.93. The predicted molar refractivity (Wildman–Crippen MR) is 97.8 cm³/mol. The van der Waals surface area contributed by atoms with E-state index in [1.807, 2.05) is 95.7 Å². The van der Waals surface area contributed by atoms with Crippen molar-refractivity contribution in [2.24, 2.45) is 0 Å². The standard InChI is InChI=1S/C21H17ClNO/c22-20-12-5-4-8-17(20)13-14-19-11-6-7-15-23(19)16-21(24)18-9-2-1-3-10-18/h1-15H,16H2/q+1/b14-13+. The Morgan fingerprint density at radius 2 is 1.58 bits per heavy atom. The zero-order valence-corrected chi connectivity index (χ0v) is 13.9. The first-order chi connectivity index (χ1) is 11.7.